The monoisotopic (exact) mass is 413 g/mol. The Morgan fingerprint density at radius 3 is 2.39 bits per heavy atom. The molecule has 0 heterocycles. The van der Waals surface area contributed by atoms with Crippen molar-refractivity contribution < 1.29 is 4.74 Å². The minimum atomic E-state index is 0.389. The van der Waals surface area contributed by atoms with Gasteiger partial charge in [0.15, 0.2) is 0 Å². The van der Waals surface area contributed by atoms with E-state index in [0.29, 0.717) is 29.2 Å². The van der Waals surface area contributed by atoms with Crippen LogP contribution in [0.2, 0.25) is 10.0 Å². The number of ether oxygens (including phenoxy) is 1. The highest BCUT2D eigenvalue weighted by Crippen LogP contribution is 2.24. The Balaban J connectivity index is 1.56. The van der Waals surface area contributed by atoms with Gasteiger partial charge in [0.25, 0.3) is 0 Å². The fourth-order valence-corrected chi connectivity index (χ4v) is 3.44. The van der Waals surface area contributed by atoms with E-state index in [-0.39, 0.29) is 0 Å². The summed E-state index contributed by atoms with van der Waals surface area (Å²) in [5.74, 6) is 0.840. The van der Waals surface area contributed by atoms with E-state index in [2.05, 4.69) is 42.6 Å². The second kappa shape index (κ2) is 10.5. The second-order valence-corrected chi connectivity index (χ2v) is 7.85. The quantitative estimate of drug-likeness (QED) is 0.422. The van der Waals surface area contributed by atoms with E-state index >= 15 is 0 Å². The number of halogens is 2. The summed E-state index contributed by atoms with van der Waals surface area (Å²) in [7, 11) is 0. The molecule has 0 aliphatic carbocycles. The lowest BCUT2D eigenvalue weighted by atomic mass is 10.1. The Kier molecular flexibility index (Phi) is 7.79. The first-order chi connectivity index (χ1) is 13.6. The van der Waals surface area contributed by atoms with Crippen LogP contribution in [0.15, 0.2) is 72.8 Å². The van der Waals surface area contributed by atoms with Crippen molar-refractivity contribution in [2.75, 3.05) is 0 Å². The third-order valence-electron chi connectivity index (χ3n) is 4.66. The van der Waals surface area contributed by atoms with Gasteiger partial charge in [0.2, 0.25) is 0 Å². The van der Waals surface area contributed by atoms with Crippen LogP contribution in [0.1, 0.15) is 30.0 Å². The van der Waals surface area contributed by atoms with Gasteiger partial charge in [0.1, 0.15) is 12.4 Å². The molecule has 4 heteroatoms. The second-order valence-electron chi connectivity index (χ2n) is 6.98. The highest BCUT2D eigenvalue weighted by Gasteiger charge is 2.08. The lowest BCUT2D eigenvalue weighted by Crippen LogP contribution is -2.26. The molecule has 0 saturated carbocycles. The molecule has 0 aliphatic rings. The maximum absolute atomic E-state index is 6.21. The number of rotatable bonds is 9. The first-order valence-electron chi connectivity index (χ1n) is 9.53. The number of aryl methyl sites for hydroxylation is 1. The predicted molar refractivity (Wildman–Crippen MR) is 118 cm³/mol. The van der Waals surface area contributed by atoms with E-state index in [4.69, 9.17) is 27.9 Å². The molecule has 1 atom stereocenters. The molecule has 2 nitrogen and oxygen atoms in total. The molecule has 3 rings (SSSR count). The van der Waals surface area contributed by atoms with Gasteiger partial charge in [-0.05, 0) is 61.2 Å². The summed E-state index contributed by atoms with van der Waals surface area (Å²) in [4.78, 5) is 0. The summed E-state index contributed by atoms with van der Waals surface area (Å²) >= 11 is 12.3. The van der Waals surface area contributed by atoms with Crippen molar-refractivity contribution in [2.24, 2.45) is 0 Å². The van der Waals surface area contributed by atoms with Gasteiger partial charge in [0.05, 0.1) is 0 Å². The molecule has 1 N–H and O–H groups in total. The van der Waals surface area contributed by atoms with Gasteiger partial charge in [-0.3, -0.25) is 0 Å². The number of hydrogen-bond donors (Lipinski definition) is 1. The third-order valence-corrected chi connectivity index (χ3v) is 5.13. The summed E-state index contributed by atoms with van der Waals surface area (Å²) in [6.07, 6.45) is 2.13. The minimum Gasteiger partial charge on any atom is -0.489 e. The van der Waals surface area contributed by atoms with Gasteiger partial charge in [-0.1, -0.05) is 65.7 Å². The summed E-state index contributed by atoms with van der Waals surface area (Å²) in [6.45, 7) is 3.39. The molecule has 0 amide bonds. The van der Waals surface area contributed by atoms with Crippen molar-refractivity contribution in [1.82, 2.24) is 5.32 Å². The molecule has 146 valence electrons. The Morgan fingerprint density at radius 2 is 1.61 bits per heavy atom. The Bertz CT molecular complexity index is 883. The van der Waals surface area contributed by atoms with Crippen LogP contribution in [-0.4, -0.2) is 6.04 Å². The van der Waals surface area contributed by atoms with Crippen molar-refractivity contribution in [3.8, 4) is 5.75 Å². The maximum Gasteiger partial charge on any atom is 0.124 e. The standard InChI is InChI=1S/C24H25Cl2NO/c1-18(10-11-19-6-3-2-4-7-19)27-16-21-15-23(26)12-13-24(21)28-17-20-8-5-9-22(25)14-20/h2-9,12-15,18,27H,10-11,16-17H2,1H3/t18-/m0/s1. The van der Waals surface area contributed by atoms with Crippen molar-refractivity contribution in [3.63, 3.8) is 0 Å². The number of benzene rings is 3. The Hall–Kier alpha value is -2.00. The normalized spacial score (nSPS) is 12.0. The lowest BCUT2D eigenvalue weighted by molar-refractivity contribution is 0.301. The SMILES string of the molecule is C[C@@H](CCc1ccccc1)NCc1cc(Cl)ccc1OCc1cccc(Cl)c1. The lowest BCUT2D eigenvalue weighted by Gasteiger charge is -2.17. The highest BCUT2D eigenvalue weighted by atomic mass is 35.5. The van der Waals surface area contributed by atoms with Crippen LogP contribution >= 0.6 is 23.2 Å². The van der Waals surface area contributed by atoms with Gasteiger partial charge in [-0.25, -0.2) is 0 Å². The van der Waals surface area contributed by atoms with Crippen molar-refractivity contribution in [3.05, 3.63) is 99.5 Å². The molecule has 0 saturated heterocycles. The molecule has 0 aliphatic heterocycles. The summed E-state index contributed by atoms with van der Waals surface area (Å²) in [5, 5.41) is 5.01. The van der Waals surface area contributed by atoms with E-state index in [9.17, 15) is 0 Å². The zero-order valence-corrected chi connectivity index (χ0v) is 17.5. The first-order valence-corrected chi connectivity index (χ1v) is 10.3. The number of hydrogen-bond acceptors (Lipinski definition) is 2. The minimum absolute atomic E-state index is 0.389. The molecular formula is C24H25Cl2NO. The van der Waals surface area contributed by atoms with Crippen molar-refractivity contribution in [2.45, 2.75) is 39.0 Å². The topological polar surface area (TPSA) is 21.3 Å². The van der Waals surface area contributed by atoms with Crippen LogP contribution in [-0.2, 0) is 19.6 Å². The van der Waals surface area contributed by atoms with Gasteiger partial charge >= 0.3 is 0 Å². The van der Waals surface area contributed by atoms with E-state index in [1.807, 2.05) is 42.5 Å². The zero-order valence-electron chi connectivity index (χ0n) is 16.0. The van der Waals surface area contributed by atoms with Crippen molar-refractivity contribution >= 4 is 23.2 Å². The van der Waals surface area contributed by atoms with Crippen LogP contribution in [0, 0.1) is 0 Å². The molecule has 0 bridgehead atoms. The predicted octanol–water partition coefficient (Wildman–Crippen LogP) is 6.68. The molecule has 0 unspecified atom stereocenters. The average Bonchev–Trinajstić information content (AvgIpc) is 2.71. The van der Waals surface area contributed by atoms with E-state index in [1.165, 1.54) is 5.56 Å². The van der Waals surface area contributed by atoms with Crippen LogP contribution in [0.25, 0.3) is 0 Å². The largest absolute Gasteiger partial charge is 0.489 e. The molecule has 0 aromatic heterocycles. The fraction of sp³-hybridized carbons (Fsp3) is 0.250. The summed E-state index contributed by atoms with van der Waals surface area (Å²) < 4.78 is 6.04. The maximum atomic E-state index is 6.21. The van der Waals surface area contributed by atoms with Gasteiger partial charge in [-0.15, -0.1) is 0 Å². The van der Waals surface area contributed by atoms with Crippen LogP contribution in [0.5, 0.6) is 5.75 Å². The zero-order chi connectivity index (χ0) is 19.8. The average molecular weight is 414 g/mol. The Morgan fingerprint density at radius 1 is 0.857 bits per heavy atom. The molecule has 3 aromatic rings. The van der Waals surface area contributed by atoms with Crippen LogP contribution in [0.3, 0.4) is 0 Å². The van der Waals surface area contributed by atoms with E-state index in [1.54, 1.807) is 0 Å². The highest BCUT2D eigenvalue weighted by molar-refractivity contribution is 6.30. The molecule has 0 fully saturated rings. The third kappa shape index (κ3) is 6.56. The molecule has 0 spiro atoms. The summed E-state index contributed by atoms with van der Waals surface area (Å²) in [6, 6.07) is 24.4. The fourth-order valence-electron chi connectivity index (χ4n) is 3.03. The Labute approximate surface area is 177 Å². The van der Waals surface area contributed by atoms with Crippen molar-refractivity contribution in [1.29, 1.82) is 0 Å². The van der Waals surface area contributed by atoms with E-state index in [0.717, 1.165) is 29.7 Å². The van der Waals surface area contributed by atoms with Gasteiger partial charge < -0.3 is 10.1 Å². The van der Waals surface area contributed by atoms with Crippen LogP contribution in [0.4, 0.5) is 0 Å². The molecule has 0 radical (unpaired) electrons. The molecule has 28 heavy (non-hydrogen) atoms. The summed E-state index contributed by atoms with van der Waals surface area (Å²) in [5.41, 5.74) is 3.46. The van der Waals surface area contributed by atoms with E-state index < -0.39 is 0 Å². The van der Waals surface area contributed by atoms with Crippen LogP contribution < -0.4 is 10.1 Å². The molecular weight excluding hydrogens is 389 g/mol. The smallest absolute Gasteiger partial charge is 0.124 e. The first kappa shape index (κ1) is 20.7. The molecule has 3 aromatic carbocycles. The number of nitrogens with one attached hydrogen (secondary N) is 1. The van der Waals surface area contributed by atoms with Gasteiger partial charge in [-0.2, -0.15) is 0 Å². The van der Waals surface area contributed by atoms with Gasteiger partial charge in [0, 0.05) is 28.2 Å².